The summed E-state index contributed by atoms with van der Waals surface area (Å²) in [6.45, 7) is 4.34. The molecule has 0 atom stereocenters. The van der Waals surface area contributed by atoms with E-state index in [1.165, 1.54) is 19.4 Å². The first-order valence-electron chi connectivity index (χ1n) is 5.10. The molecule has 0 aliphatic rings. The van der Waals surface area contributed by atoms with Crippen LogP contribution in [-0.2, 0) is 0 Å². The predicted octanol–water partition coefficient (Wildman–Crippen LogP) is 3.59. The largest absolute Gasteiger partial charge is 0.443 e. The third-order valence-corrected chi connectivity index (χ3v) is 2.02. The standard InChI is InChI=1S/C10H11NO.CH4/c1-7(2)8-3-4-10-9(5-8)11-6-12-10;/h3-7H,1-2H3;1H4/i;1T. The van der Waals surface area contributed by atoms with Crippen molar-refractivity contribution in [1.29, 1.82) is 0 Å². The van der Waals surface area contributed by atoms with E-state index in [1.807, 2.05) is 6.07 Å². The highest BCUT2D eigenvalue weighted by atomic mass is 16.3. The second-order valence-electron chi connectivity index (χ2n) is 3.23. The van der Waals surface area contributed by atoms with E-state index in [-0.39, 0.29) is 0 Å². The first-order chi connectivity index (χ1) is 6.77. The molecule has 70 valence electrons. The molecule has 0 fully saturated rings. The highest BCUT2D eigenvalue weighted by Gasteiger charge is 2.02. The van der Waals surface area contributed by atoms with Gasteiger partial charge >= 0.3 is 0 Å². The molecule has 0 unspecified atom stereocenters. The summed E-state index contributed by atoms with van der Waals surface area (Å²) < 4.78 is 10.9. The SMILES string of the molecule is CC(C)c1ccc2ocnc2c1.[3H]C. The normalized spacial score (nSPS) is 10.9. The fourth-order valence-corrected chi connectivity index (χ4v) is 1.23. The van der Waals surface area contributed by atoms with E-state index in [0.717, 1.165) is 11.1 Å². The van der Waals surface area contributed by atoms with Crippen LogP contribution in [0.25, 0.3) is 11.1 Å². The molecule has 0 N–H and O–H groups in total. The van der Waals surface area contributed by atoms with Crippen LogP contribution >= 0.6 is 0 Å². The van der Waals surface area contributed by atoms with Crippen molar-refractivity contribution < 1.29 is 5.79 Å². The van der Waals surface area contributed by atoms with Gasteiger partial charge in [-0.25, -0.2) is 4.98 Å². The maximum atomic E-state index is 5.75. The Morgan fingerprint density at radius 2 is 2.23 bits per heavy atom. The maximum Gasteiger partial charge on any atom is 0.181 e. The first-order valence-corrected chi connectivity index (χ1v) is 4.10. The Kier molecular flexibility index (Phi) is 2.30. The van der Waals surface area contributed by atoms with Gasteiger partial charge in [-0.2, -0.15) is 0 Å². The van der Waals surface area contributed by atoms with Crippen molar-refractivity contribution in [3.8, 4) is 0 Å². The Hall–Kier alpha value is -1.31. The van der Waals surface area contributed by atoms with Crippen LogP contribution in [0.2, 0.25) is 0 Å². The lowest BCUT2D eigenvalue weighted by atomic mass is 10.0. The van der Waals surface area contributed by atoms with Crippen LogP contribution in [-0.4, -0.2) is 4.98 Å². The number of aromatic nitrogens is 1. The Morgan fingerprint density at radius 3 is 2.92 bits per heavy atom. The third kappa shape index (κ3) is 1.72. The predicted molar refractivity (Wildman–Crippen MR) is 54.8 cm³/mol. The summed E-state index contributed by atoms with van der Waals surface area (Å²) in [6.07, 6.45) is 1.48. The lowest BCUT2D eigenvalue weighted by Crippen LogP contribution is -1.85. The molecular weight excluding hydrogens is 162 g/mol. The van der Waals surface area contributed by atoms with Crippen LogP contribution < -0.4 is 0 Å². The van der Waals surface area contributed by atoms with Crippen molar-refractivity contribution in [3.05, 3.63) is 30.2 Å². The minimum absolute atomic E-state index is 0.547. The van der Waals surface area contributed by atoms with Gasteiger partial charge in [-0.3, -0.25) is 0 Å². The smallest absolute Gasteiger partial charge is 0.181 e. The number of nitrogens with zero attached hydrogens (tertiary/aromatic N) is 1. The van der Waals surface area contributed by atoms with Crippen molar-refractivity contribution in [2.75, 3.05) is 0 Å². The zero-order valence-corrected chi connectivity index (χ0v) is 8.24. The minimum atomic E-state index is 0.547. The maximum absolute atomic E-state index is 5.75. The molecule has 1 heterocycles. The molecule has 2 nitrogen and oxygen atoms in total. The number of hydrogen-bond acceptors (Lipinski definition) is 2. The summed E-state index contributed by atoms with van der Waals surface area (Å²) in [7, 11) is 1.25. The molecule has 0 radical (unpaired) electrons. The first kappa shape index (κ1) is 8.30. The zero-order chi connectivity index (χ0) is 10.6. The Bertz CT molecular complexity index is 395. The molecule has 0 aliphatic heterocycles. The molecule has 0 saturated carbocycles. The molecule has 1 aromatic heterocycles. The summed E-state index contributed by atoms with van der Waals surface area (Å²) in [4.78, 5) is 4.10. The van der Waals surface area contributed by atoms with Gasteiger partial charge < -0.3 is 4.42 Å². The van der Waals surface area contributed by atoms with Gasteiger partial charge in [-0.05, 0) is 23.6 Å². The molecule has 0 aliphatic carbocycles. The molecule has 2 aromatic rings. The quantitative estimate of drug-likeness (QED) is 0.668. The lowest BCUT2D eigenvalue weighted by Gasteiger charge is -2.02. The zero-order valence-electron chi connectivity index (χ0n) is 9.24. The fraction of sp³-hybridized carbons (Fsp3) is 0.364. The van der Waals surface area contributed by atoms with E-state index >= 15 is 0 Å². The lowest BCUT2D eigenvalue weighted by molar-refractivity contribution is 0.602. The van der Waals surface area contributed by atoms with Crippen LogP contribution in [0.3, 0.4) is 0 Å². The van der Waals surface area contributed by atoms with Gasteiger partial charge in [0, 0.05) is 1.37 Å². The van der Waals surface area contributed by atoms with Crippen LogP contribution in [0.4, 0.5) is 0 Å². The average Bonchev–Trinajstić information content (AvgIpc) is 2.67. The summed E-state index contributed by atoms with van der Waals surface area (Å²) in [6, 6.07) is 6.12. The van der Waals surface area contributed by atoms with Crippen molar-refractivity contribution in [2.24, 2.45) is 0 Å². The van der Waals surface area contributed by atoms with Crippen molar-refractivity contribution in [3.63, 3.8) is 0 Å². The number of oxazole rings is 1. The van der Waals surface area contributed by atoms with Gasteiger partial charge in [0.25, 0.3) is 0 Å². The summed E-state index contributed by atoms with van der Waals surface area (Å²) in [5.41, 5.74) is 3.11. The monoisotopic (exact) mass is 179 g/mol. The molecule has 2 rings (SSSR count). The van der Waals surface area contributed by atoms with E-state index in [1.54, 1.807) is 0 Å². The van der Waals surface area contributed by atoms with Gasteiger partial charge in [-0.15, -0.1) is 0 Å². The van der Waals surface area contributed by atoms with E-state index in [9.17, 15) is 0 Å². The Morgan fingerprint density at radius 1 is 1.46 bits per heavy atom. The molecule has 0 amide bonds. The highest BCUT2D eigenvalue weighted by Crippen LogP contribution is 2.19. The number of benzene rings is 1. The Labute approximate surface area is 80.0 Å². The van der Waals surface area contributed by atoms with E-state index in [0.29, 0.717) is 5.92 Å². The van der Waals surface area contributed by atoms with Crippen LogP contribution in [0.15, 0.2) is 29.0 Å². The number of rotatable bonds is 1. The summed E-state index contributed by atoms with van der Waals surface area (Å²) in [5.74, 6) is 0.547. The van der Waals surface area contributed by atoms with Gasteiger partial charge in [0.15, 0.2) is 12.0 Å². The highest BCUT2D eigenvalue weighted by molar-refractivity contribution is 5.72. The molecular formula is C11H15NO. The summed E-state index contributed by atoms with van der Waals surface area (Å²) >= 11 is 0. The molecule has 0 spiro atoms. The van der Waals surface area contributed by atoms with Gasteiger partial charge in [0.1, 0.15) is 5.52 Å². The van der Waals surface area contributed by atoms with E-state index in [2.05, 4.69) is 31.0 Å². The Balaban J connectivity index is 0.000000461. The molecule has 0 bridgehead atoms. The van der Waals surface area contributed by atoms with Crippen LogP contribution in [0.1, 0.15) is 34.1 Å². The van der Waals surface area contributed by atoms with Gasteiger partial charge in [-0.1, -0.05) is 27.3 Å². The number of fused-ring (bicyclic) bond motifs is 1. The average molecular weight is 179 g/mol. The van der Waals surface area contributed by atoms with Crippen molar-refractivity contribution >= 4 is 11.1 Å². The fourth-order valence-electron chi connectivity index (χ4n) is 1.23. The molecule has 0 saturated heterocycles. The van der Waals surface area contributed by atoms with Crippen LogP contribution in [0.5, 0.6) is 0 Å². The van der Waals surface area contributed by atoms with Crippen molar-refractivity contribution in [2.45, 2.75) is 27.2 Å². The molecule has 1 aromatic carbocycles. The number of hydrogen-bond donors (Lipinski definition) is 0. The molecule has 2 heteroatoms. The minimum Gasteiger partial charge on any atom is -0.443 e. The molecule has 13 heavy (non-hydrogen) atoms. The summed E-state index contributed by atoms with van der Waals surface area (Å²) in [5, 5.41) is 0. The topological polar surface area (TPSA) is 26.0 Å². The van der Waals surface area contributed by atoms with Gasteiger partial charge in [0.05, 0.1) is 0 Å². The van der Waals surface area contributed by atoms with E-state index in [4.69, 9.17) is 5.79 Å². The van der Waals surface area contributed by atoms with Crippen LogP contribution in [0, 0.1) is 0 Å². The second kappa shape index (κ2) is 3.60. The van der Waals surface area contributed by atoms with E-state index < -0.39 is 0 Å². The van der Waals surface area contributed by atoms with Gasteiger partial charge in [0.2, 0.25) is 0 Å². The second-order valence-corrected chi connectivity index (χ2v) is 3.23. The third-order valence-electron chi connectivity index (χ3n) is 2.02. The van der Waals surface area contributed by atoms with Crippen molar-refractivity contribution in [1.82, 2.24) is 4.98 Å².